The average molecular weight is 513 g/mol. The van der Waals surface area contributed by atoms with Crippen LogP contribution >= 0.6 is 23.2 Å². The Bertz CT molecular complexity index is 886. The summed E-state index contributed by atoms with van der Waals surface area (Å²) in [5, 5.41) is 3.86. The molecule has 0 amide bonds. The Hall–Kier alpha value is -1.64. The molecule has 7 rings (SSSR count). The predicted octanol–water partition coefficient (Wildman–Crippen LogP) is 4.10. The number of halogens is 2. The normalized spacial score (nSPS) is 35.7. The predicted molar refractivity (Wildman–Crippen MR) is 129 cm³/mol. The number of aromatic nitrogens is 2. The Balaban J connectivity index is 0.000000180. The van der Waals surface area contributed by atoms with Crippen molar-refractivity contribution in [3.63, 3.8) is 0 Å². The van der Waals surface area contributed by atoms with E-state index in [0.717, 1.165) is 38.5 Å². The molecule has 6 aliphatic rings. The molecule has 1 heterocycles. The second-order valence-corrected chi connectivity index (χ2v) is 10.8. The van der Waals surface area contributed by atoms with Gasteiger partial charge in [-0.05, 0) is 86.6 Å². The van der Waals surface area contributed by atoms with Crippen molar-refractivity contribution in [2.75, 3.05) is 19.5 Å². The highest BCUT2D eigenvalue weighted by Crippen LogP contribution is 2.47. The molecule has 0 radical (unpaired) electrons. The van der Waals surface area contributed by atoms with Crippen LogP contribution in [0, 0.1) is 35.5 Å². The summed E-state index contributed by atoms with van der Waals surface area (Å²) < 4.78 is 9.79. The topological polar surface area (TPSA) is 116 Å². The van der Waals surface area contributed by atoms with Gasteiger partial charge in [0.25, 0.3) is 0 Å². The fourth-order valence-electron chi connectivity index (χ4n) is 6.72. The van der Waals surface area contributed by atoms with Crippen molar-refractivity contribution >= 4 is 41.0 Å². The highest BCUT2D eigenvalue weighted by molar-refractivity contribution is 6.33. The van der Waals surface area contributed by atoms with E-state index in [-0.39, 0.29) is 41.1 Å². The number of fused-ring (bicyclic) bond motifs is 6. The Labute approximate surface area is 210 Å². The second-order valence-electron chi connectivity index (χ2n) is 10.0. The second kappa shape index (κ2) is 11.0. The van der Waals surface area contributed by atoms with Crippen molar-refractivity contribution in [1.29, 1.82) is 0 Å². The Morgan fingerprint density at radius 1 is 0.882 bits per heavy atom. The molecule has 0 aliphatic heterocycles. The van der Waals surface area contributed by atoms with E-state index in [0.29, 0.717) is 34.5 Å². The van der Waals surface area contributed by atoms with Crippen molar-refractivity contribution in [1.82, 2.24) is 9.97 Å². The van der Waals surface area contributed by atoms with Crippen LogP contribution in [0.25, 0.3) is 0 Å². The molecule has 34 heavy (non-hydrogen) atoms. The number of anilines is 1. The monoisotopic (exact) mass is 512 g/mol. The van der Waals surface area contributed by atoms with Gasteiger partial charge in [-0.15, -0.1) is 0 Å². The first kappa shape index (κ1) is 25.5. The lowest BCUT2D eigenvalue weighted by atomic mass is 9.61. The quantitative estimate of drug-likeness (QED) is 0.457. The summed E-state index contributed by atoms with van der Waals surface area (Å²) in [5.41, 5.74) is 6.04. The highest BCUT2D eigenvalue weighted by Gasteiger charge is 2.48. The van der Waals surface area contributed by atoms with Gasteiger partial charge < -0.3 is 20.5 Å². The molecule has 6 aliphatic carbocycles. The average Bonchev–Trinajstić information content (AvgIpc) is 2.87. The van der Waals surface area contributed by atoms with Crippen molar-refractivity contribution < 1.29 is 19.1 Å². The van der Waals surface area contributed by atoms with Crippen LogP contribution in [0.2, 0.25) is 10.3 Å². The van der Waals surface area contributed by atoms with Gasteiger partial charge in [0.1, 0.15) is 10.8 Å². The summed E-state index contributed by atoms with van der Waals surface area (Å²) in [7, 11) is 2.90. The Kier molecular flexibility index (Phi) is 8.20. The van der Waals surface area contributed by atoms with Crippen molar-refractivity contribution in [2.45, 2.75) is 63.5 Å². The summed E-state index contributed by atoms with van der Waals surface area (Å²) in [6, 6.07) is 0.0494. The lowest BCUT2D eigenvalue weighted by Gasteiger charge is -2.47. The molecule has 4 atom stereocenters. The van der Waals surface area contributed by atoms with E-state index in [4.69, 9.17) is 38.4 Å². The zero-order valence-electron chi connectivity index (χ0n) is 19.7. The smallest absolute Gasteiger partial charge is 0.311 e. The number of nitrogens with one attached hydrogen (secondary N) is 1. The van der Waals surface area contributed by atoms with Gasteiger partial charge in [0.2, 0.25) is 5.28 Å². The third kappa shape index (κ3) is 5.14. The first-order valence-corrected chi connectivity index (χ1v) is 12.9. The number of carbonyl (C=O) groups is 2. The molecule has 4 bridgehead atoms. The molecule has 6 saturated carbocycles. The van der Waals surface area contributed by atoms with Gasteiger partial charge >= 0.3 is 11.9 Å². The van der Waals surface area contributed by atoms with Crippen molar-refractivity contribution in [3.05, 3.63) is 16.5 Å². The Morgan fingerprint density at radius 2 is 1.38 bits per heavy atom. The van der Waals surface area contributed by atoms with E-state index >= 15 is 0 Å². The third-order valence-electron chi connectivity index (χ3n) is 8.47. The molecular weight excluding hydrogens is 479 g/mol. The number of methoxy groups -OCH3 is 2. The van der Waals surface area contributed by atoms with Crippen LogP contribution in [0.1, 0.15) is 51.4 Å². The van der Waals surface area contributed by atoms with Crippen LogP contribution in [0.5, 0.6) is 0 Å². The van der Waals surface area contributed by atoms with Gasteiger partial charge in [-0.2, -0.15) is 4.98 Å². The molecule has 6 fully saturated rings. The number of rotatable bonds is 4. The minimum atomic E-state index is -0.154. The molecule has 10 heteroatoms. The van der Waals surface area contributed by atoms with Crippen LogP contribution in [0.15, 0.2) is 6.20 Å². The molecule has 3 N–H and O–H groups in total. The maximum absolute atomic E-state index is 12.2. The van der Waals surface area contributed by atoms with E-state index in [9.17, 15) is 9.59 Å². The summed E-state index contributed by atoms with van der Waals surface area (Å²) in [6.07, 6.45) is 10.6. The van der Waals surface area contributed by atoms with E-state index < -0.39 is 0 Å². The van der Waals surface area contributed by atoms with Gasteiger partial charge in [0, 0.05) is 12.1 Å². The molecule has 188 valence electrons. The number of nitrogens with two attached hydrogens (primary N) is 1. The minimum Gasteiger partial charge on any atom is -0.469 e. The fourth-order valence-corrected chi connectivity index (χ4v) is 7.00. The molecule has 8 nitrogen and oxygen atoms in total. The number of ether oxygens (including phenoxy) is 2. The van der Waals surface area contributed by atoms with Crippen molar-refractivity contribution in [3.8, 4) is 0 Å². The largest absolute Gasteiger partial charge is 0.469 e. The fraction of sp³-hybridized carbons (Fsp3) is 0.750. The summed E-state index contributed by atoms with van der Waals surface area (Å²) in [5.74, 6) is 1.94. The number of hydrogen-bond donors (Lipinski definition) is 2. The lowest BCUT2D eigenvalue weighted by molar-refractivity contribution is -0.153. The molecule has 1 aromatic heterocycles. The maximum Gasteiger partial charge on any atom is 0.311 e. The van der Waals surface area contributed by atoms with E-state index in [1.54, 1.807) is 0 Å². The molecule has 0 spiro atoms. The van der Waals surface area contributed by atoms with Gasteiger partial charge in [-0.3, -0.25) is 9.59 Å². The zero-order chi connectivity index (χ0) is 24.4. The van der Waals surface area contributed by atoms with Gasteiger partial charge in [-0.1, -0.05) is 11.6 Å². The first-order chi connectivity index (χ1) is 16.3. The molecular formula is C24H34Cl2N4O4. The summed E-state index contributed by atoms with van der Waals surface area (Å²) in [4.78, 5) is 31.6. The number of esters is 2. The van der Waals surface area contributed by atoms with Gasteiger partial charge in [0.05, 0.1) is 32.3 Å². The number of nitrogens with zero attached hydrogens (tertiary/aromatic N) is 2. The van der Waals surface area contributed by atoms with Crippen LogP contribution in [0.4, 0.5) is 5.82 Å². The standard InChI is InChI=1S/C14H17Cl2N3O2.C10H17NO2/c1-21-13(20)10-7-2-4-8(5-3-7)11(10)18-12-9(15)6-17-14(16)19-12;1-13-10(12)8-6-2-4-7(5-3-6)9(8)11/h6-8,10-11H,2-5H2,1H3,(H,17,18,19);6-9H,2-5,11H2,1H3/t7?,8?,10-,11-;6?,7?,8-,9-/m00/s1. The van der Waals surface area contributed by atoms with E-state index in [1.165, 1.54) is 33.3 Å². The van der Waals surface area contributed by atoms with Crippen LogP contribution in [0.3, 0.4) is 0 Å². The molecule has 0 saturated heterocycles. The van der Waals surface area contributed by atoms with E-state index in [1.807, 2.05) is 0 Å². The Morgan fingerprint density at radius 3 is 1.94 bits per heavy atom. The lowest BCUT2D eigenvalue weighted by Crippen LogP contribution is -2.52. The van der Waals surface area contributed by atoms with Crippen LogP contribution in [-0.2, 0) is 19.1 Å². The van der Waals surface area contributed by atoms with Crippen LogP contribution < -0.4 is 11.1 Å². The zero-order valence-corrected chi connectivity index (χ0v) is 21.2. The SMILES string of the molecule is COC(=O)[C@H]1C2CCC(CC2)[C@@H]1N.COC(=O)[C@H]1C2CCC(CC2)[C@@H]1Nc1nc(Cl)ncc1Cl. The first-order valence-electron chi connectivity index (χ1n) is 12.2. The summed E-state index contributed by atoms with van der Waals surface area (Å²) in [6.45, 7) is 0. The molecule has 0 unspecified atom stereocenters. The maximum atomic E-state index is 12.2. The van der Waals surface area contributed by atoms with Gasteiger partial charge in [-0.25, -0.2) is 4.98 Å². The number of hydrogen-bond acceptors (Lipinski definition) is 8. The minimum absolute atomic E-state index is 0.00610. The summed E-state index contributed by atoms with van der Waals surface area (Å²) >= 11 is 11.9. The third-order valence-corrected chi connectivity index (χ3v) is 8.93. The van der Waals surface area contributed by atoms with Crippen LogP contribution in [-0.4, -0.2) is 48.2 Å². The van der Waals surface area contributed by atoms with Crippen molar-refractivity contribution in [2.24, 2.45) is 41.2 Å². The molecule has 1 aromatic rings. The van der Waals surface area contributed by atoms with Gasteiger partial charge in [0.15, 0.2) is 0 Å². The highest BCUT2D eigenvalue weighted by atomic mass is 35.5. The molecule has 0 aromatic carbocycles. The number of carbonyl (C=O) groups excluding carboxylic acids is 2. The van der Waals surface area contributed by atoms with E-state index in [2.05, 4.69) is 15.3 Å².